The van der Waals surface area contributed by atoms with Crippen molar-refractivity contribution in [2.45, 2.75) is 89.5 Å². The second kappa shape index (κ2) is 14.6. The number of methoxy groups -OCH3 is 1. The molecule has 4 aromatic rings. The van der Waals surface area contributed by atoms with Crippen LogP contribution in [0.4, 0.5) is 30.8 Å². The van der Waals surface area contributed by atoms with Crippen molar-refractivity contribution in [2.24, 2.45) is 5.41 Å². The molecule has 56 heavy (non-hydrogen) atoms. The van der Waals surface area contributed by atoms with Gasteiger partial charge >= 0.3 is 6.09 Å². The summed E-state index contributed by atoms with van der Waals surface area (Å²) in [6, 6.07) is 12.0. The zero-order valence-corrected chi connectivity index (χ0v) is 32.8. The molecular formula is C41H51F2N9O4. The molecule has 8 rings (SSSR count). The van der Waals surface area contributed by atoms with Crippen molar-refractivity contribution in [2.75, 3.05) is 57.1 Å². The molecule has 6 heterocycles. The normalized spacial score (nSPS) is 21.8. The quantitative estimate of drug-likeness (QED) is 0.211. The van der Waals surface area contributed by atoms with Crippen LogP contribution in [0, 0.1) is 5.41 Å². The number of imidazole rings is 1. The summed E-state index contributed by atoms with van der Waals surface area (Å²) in [5.41, 5.74) is 4.76. The van der Waals surface area contributed by atoms with Gasteiger partial charge in [0.25, 0.3) is 11.8 Å². The predicted octanol–water partition coefficient (Wildman–Crippen LogP) is 6.29. The number of amides is 2. The minimum atomic E-state index is -2.88. The molecule has 2 amide bonds. The number of hydrogen-bond donors (Lipinski definition) is 2. The molecule has 0 radical (unpaired) electrons. The van der Waals surface area contributed by atoms with Gasteiger partial charge in [-0.1, -0.05) is 18.2 Å². The summed E-state index contributed by atoms with van der Waals surface area (Å²) in [6.07, 6.45) is 6.38. The summed E-state index contributed by atoms with van der Waals surface area (Å²) in [6.45, 7) is 7.28. The summed E-state index contributed by atoms with van der Waals surface area (Å²) in [5, 5.41) is 11.2. The predicted molar refractivity (Wildman–Crippen MR) is 209 cm³/mol. The molecule has 2 N–H and O–H groups in total. The van der Waals surface area contributed by atoms with Gasteiger partial charge in [0, 0.05) is 69.3 Å². The maximum atomic E-state index is 15.9. The van der Waals surface area contributed by atoms with E-state index in [-0.39, 0.29) is 50.5 Å². The standard InChI is InChI=1S/C41H51F2N9O4/c1-39(2,3)56-38(54)50-19-15-40(16-20-50)14-18-49(25-41(40,42)43)24-26-9-10-29(45-22-26)27-7-6-8-32-28(27)13-17-51(32)35-21-31(44-4)36-46-23-33(52(36)48-35)37(53)47-30-11-12-34(30)55-5/h6-10,21-23,30,34,44H,11-20,24-25H2,1-5H3,(H,47,53)/t30-,34-/m1/s1. The summed E-state index contributed by atoms with van der Waals surface area (Å²) < 4.78 is 44.3. The van der Waals surface area contributed by atoms with E-state index in [0.717, 1.165) is 53.0 Å². The van der Waals surface area contributed by atoms with Gasteiger partial charge in [-0.2, -0.15) is 0 Å². The van der Waals surface area contributed by atoms with Crippen LogP contribution in [-0.2, 0) is 22.4 Å². The van der Waals surface area contributed by atoms with Gasteiger partial charge in [0.15, 0.2) is 17.2 Å². The Morgan fingerprint density at radius 3 is 2.45 bits per heavy atom. The highest BCUT2D eigenvalue weighted by Gasteiger charge is 2.57. The summed E-state index contributed by atoms with van der Waals surface area (Å²) in [5.74, 6) is -2.44. The third-order valence-corrected chi connectivity index (χ3v) is 12.1. The van der Waals surface area contributed by atoms with E-state index >= 15 is 8.78 Å². The number of likely N-dealkylation sites (tertiary alicyclic amines) is 2. The maximum absolute atomic E-state index is 15.9. The molecule has 1 aliphatic carbocycles. The lowest BCUT2D eigenvalue weighted by molar-refractivity contribution is -0.187. The number of carbonyl (C=O) groups is 2. The maximum Gasteiger partial charge on any atom is 0.410 e. The van der Waals surface area contributed by atoms with Crippen LogP contribution in [0.1, 0.15) is 74.5 Å². The Morgan fingerprint density at radius 2 is 1.79 bits per heavy atom. The van der Waals surface area contributed by atoms with Crippen molar-refractivity contribution in [3.8, 4) is 11.3 Å². The number of fused-ring (bicyclic) bond motifs is 2. The molecule has 298 valence electrons. The minimum absolute atomic E-state index is 0.00965. The van der Waals surface area contributed by atoms with E-state index in [4.69, 9.17) is 19.6 Å². The van der Waals surface area contributed by atoms with Crippen molar-refractivity contribution in [1.82, 2.24) is 34.7 Å². The lowest BCUT2D eigenvalue weighted by Crippen LogP contribution is -2.59. The molecular weight excluding hydrogens is 721 g/mol. The molecule has 3 aliphatic heterocycles. The van der Waals surface area contributed by atoms with Gasteiger partial charge in [-0.05, 0) is 89.1 Å². The summed E-state index contributed by atoms with van der Waals surface area (Å²) >= 11 is 0. The molecule has 1 spiro atoms. The van der Waals surface area contributed by atoms with Crippen LogP contribution in [0.5, 0.6) is 0 Å². The van der Waals surface area contributed by atoms with Crippen LogP contribution in [0.2, 0.25) is 0 Å². The van der Waals surface area contributed by atoms with Gasteiger partial charge in [-0.3, -0.25) is 14.7 Å². The number of hydrogen-bond acceptors (Lipinski definition) is 10. The minimum Gasteiger partial charge on any atom is -0.444 e. The number of anilines is 3. The second-order valence-electron chi connectivity index (χ2n) is 16.6. The van der Waals surface area contributed by atoms with Gasteiger partial charge in [0.05, 0.1) is 36.3 Å². The van der Waals surface area contributed by atoms with Crippen LogP contribution in [0.25, 0.3) is 16.9 Å². The highest BCUT2D eigenvalue weighted by Crippen LogP contribution is 2.51. The number of alkyl halides is 2. The average molecular weight is 772 g/mol. The number of pyridine rings is 1. The van der Waals surface area contributed by atoms with Crippen LogP contribution in [0.15, 0.2) is 48.8 Å². The molecule has 0 bridgehead atoms. The van der Waals surface area contributed by atoms with E-state index in [9.17, 15) is 9.59 Å². The Bertz CT molecular complexity index is 2110. The van der Waals surface area contributed by atoms with Crippen molar-refractivity contribution in [3.05, 3.63) is 65.6 Å². The number of nitrogens with zero attached hydrogens (tertiary/aromatic N) is 7. The molecule has 3 fully saturated rings. The second-order valence-corrected chi connectivity index (χ2v) is 16.6. The van der Waals surface area contributed by atoms with Gasteiger partial charge in [-0.15, -0.1) is 5.10 Å². The largest absolute Gasteiger partial charge is 0.444 e. The van der Waals surface area contributed by atoms with Crippen LogP contribution < -0.4 is 15.5 Å². The van der Waals surface area contributed by atoms with Crippen LogP contribution >= 0.6 is 0 Å². The van der Waals surface area contributed by atoms with E-state index < -0.39 is 23.0 Å². The SMILES string of the molecule is CNc1cc(N2CCc3c(-c4ccc(CN5CCC6(CCN(C(=O)OC(C)(C)C)CC6)C(F)(F)C5)cn4)cccc32)nn2c(C(=O)N[C@@H]3CC[C@H]3OC)cnc12. The fraction of sp³-hybridized carbons (Fsp3) is 0.537. The lowest BCUT2D eigenvalue weighted by atomic mass is 9.68. The number of piperidine rings is 2. The van der Waals surface area contributed by atoms with Crippen molar-refractivity contribution in [3.63, 3.8) is 0 Å². The topological polar surface area (TPSA) is 129 Å². The van der Waals surface area contributed by atoms with E-state index in [1.807, 2.05) is 36.2 Å². The van der Waals surface area contributed by atoms with E-state index in [0.29, 0.717) is 43.2 Å². The van der Waals surface area contributed by atoms with Crippen molar-refractivity contribution in [1.29, 1.82) is 0 Å². The highest BCUT2D eigenvalue weighted by atomic mass is 19.3. The zero-order valence-electron chi connectivity index (χ0n) is 32.8. The van der Waals surface area contributed by atoms with Crippen molar-refractivity contribution < 1.29 is 27.8 Å². The molecule has 2 atom stereocenters. The molecule has 13 nitrogen and oxygen atoms in total. The fourth-order valence-electron chi connectivity index (χ4n) is 8.71. The lowest BCUT2D eigenvalue weighted by Gasteiger charge is -2.51. The molecule has 4 aliphatic rings. The molecule has 3 aromatic heterocycles. The summed E-state index contributed by atoms with van der Waals surface area (Å²) in [4.78, 5) is 40.8. The zero-order chi connectivity index (χ0) is 39.4. The third kappa shape index (κ3) is 7.04. The fourth-order valence-corrected chi connectivity index (χ4v) is 8.71. The van der Waals surface area contributed by atoms with Crippen molar-refractivity contribution >= 4 is 34.8 Å². The molecule has 0 unspecified atom stereocenters. The van der Waals surface area contributed by atoms with Gasteiger partial charge < -0.3 is 29.9 Å². The highest BCUT2D eigenvalue weighted by molar-refractivity contribution is 5.94. The average Bonchev–Trinajstić information content (AvgIpc) is 3.80. The number of nitrogens with one attached hydrogen (secondary N) is 2. The number of rotatable bonds is 8. The number of aromatic nitrogens is 4. The Labute approximate surface area is 325 Å². The monoisotopic (exact) mass is 771 g/mol. The Hall–Kier alpha value is -4.89. The number of carbonyl (C=O) groups excluding carboxylic acids is 2. The van der Waals surface area contributed by atoms with Gasteiger partial charge in [-0.25, -0.2) is 23.1 Å². The summed E-state index contributed by atoms with van der Waals surface area (Å²) in [7, 11) is 3.48. The smallest absolute Gasteiger partial charge is 0.410 e. The van der Waals surface area contributed by atoms with Crippen LogP contribution in [0.3, 0.4) is 0 Å². The Morgan fingerprint density at radius 1 is 1.00 bits per heavy atom. The molecule has 1 saturated carbocycles. The first-order valence-corrected chi connectivity index (χ1v) is 19.6. The van der Waals surface area contributed by atoms with E-state index in [1.165, 1.54) is 0 Å². The van der Waals surface area contributed by atoms with E-state index in [2.05, 4.69) is 32.7 Å². The third-order valence-electron chi connectivity index (χ3n) is 12.1. The first-order valence-electron chi connectivity index (χ1n) is 19.6. The first kappa shape index (κ1) is 38.0. The van der Waals surface area contributed by atoms with E-state index in [1.54, 1.807) is 49.7 Å². The Balaban J connectivity index is 0.945. The molecule has 15 heteroatoms. The number of benzene rings is 1. The van der Waals surface area contributed by atoms with Crippen LogP contribution in [-0.4, -0.2) is 112 Å². The first-order chi connectivity index (χ1) is 26.8. The number of halogens is 2. The van der Waals surface area contributed by atoms with Gasteiger partial charge in [0.1, 0.15) is 5.60 Å². The van der Waals surface area contributed by atoms with Gasteiger partial charge in [0.2, 0.25) is 0 Å². The molecule has 1 aromatic carbocycles. The Kier molecular flexibility index (Phi) is 9.88. The molecule has 2 saturated heterocycles. The number of ether oxygens (including phenoxy) is 2.